The van der Waals surface area contributed by atoms with Gasteiger partial charge in [-0.15, -0.1) is 0 Å². The van der Waals surface area contributed by atoms with Crippen molar-refractivity contribution < 1.29 is 28.2 Å². The van der Waals surface area contributed by atoms with E-state index in [1.54, 1.807) is 32.0 Å². The van der Waals surface area contributed by atoms with Crippen LogP contribution in [0.15, 0.2) is 48.6 Å². The molecule has 0 radical (unpaired) electrons. The van der Waals surface area contributed by atoms with Crippen LogP contribution in [0, 0.1) is 11.7 Å². The molecular formula is C35H43F2NO4. The first-order valence-corrected chi connectivity index (χ1v) is 15.3. The van der Waals surface area contributed by atoms with Crippen molar-refractivity contribution in [3.05, 3.63) is 65.5 Å². The average molecular weight is 580 g/mol. The molecule has 1 spiro atoms. The molecule has 0 amide bonds. The number of carbonyl (C=O) groups excluding carboxylic acids is 1. The van der Waals surface area contributed by atoms with Crippen LogP contribution in [-0.4, -0.2) is 40.7 Å². The molecule has 226 valence electrons. The van der Waals surface area contributed by atoms with Crippen LogP contribution in [0.4, 0.5) is 8.78 Å². The fourth-order valence-electron chi connectivity index (χ4n) is 6.84. The lowest BCUT2D eigenvalue weighted by Gasteiger charge is -2.38. The first-order chi connectivity index (χ1) is 19.8. The zero-order valence-corrected chi connectivity index (χ0v) is 25.1. The number of benzene rings is 2. The largest absolute Gasteiger partial charge is 0.490 e. The van der Waals surface area contributed by atoms with Crippen LogP contribution in [0.25, 0.3) is 11.1 Å². The van der Waals surface area contributed by atoms with E-state index >= 15 is 8.78 Å². The Morgan fingerprint density at radius 3 is 2.57 bits per heavy atom. The highest BCUT2D eigenvalue weighted by Crippen LogP contribution is 2.45. The Morgan fingerprint density at radius 1 is 1.17 bits per heavy atom. The summed E-state index contributed by atoms with van der Waals surface area (Å²) in [5.41, 5.74) is -0.513. The van der Waals surface area contributed by atoms with Crippen LogP contribution in [0.2, 0.25) is 0 Å². The number of hydrogen-bond acceptors (Lipinski definition) is 4. The molecule has 0 unspecified atom stereocenters. The molecule has 2 N–H and O–H groups in total. The second-order valence-electron chi connectivity index (χ2n) is 13.5. The number of Topliss-reactive ketones (excluding diaryl/α,β-unsaturated/α-hetero) is 1. The number of ether oxygens (including phenoxy) is 1. The molecule has 0 bridgehead atoms. The number of carboxylic acid groups (broad SMARTS) is 1. The molecule has 7 heteroatoms. The molecule has 3 atom stereocenters. The zero-order chi connectivity index (χ0) is 30.3. The zero-order valence-electron chi connectivity index (χ0n) is 25.1. The summed E-state index contributed by atoms with van der Waals surface area (Å²) in [4.78, 5) is 24.8. The highest BCUT2D eigenvalue weighted by atomic mass is 19.1. The molecule has 1 heterocycles. The topological polar surface area (TPSA) is 75.6 Å². The van der Waals surface area contributed by atoms with Crippen molar-refractivity contribution in [3.63, 3.8) is 0 Å². The molecule has 5 nitrogen and oxygen atoms in total. The quantitative estimate of drug-likeness (QED) is 0.283. The summed E-state index contributed by atoms with van der Waals surface area (Å²) < 4.78 is 36.9. The van der Waals surface area contributed by atoms with Gasteiger partial charge in [-0.05, 0) is 99.1 Å². The van der Waals surface area contributed by atoms with Crippen molar-refractivity contribution in [1.82, 2.24) is 5.32 Å². The first kappa shape index (κ1) is 30.4. The Bertz CT molecular complexity index is 1380. The molecule has 2 aromatic rings. The van der Waals surface area contributed by atoms with Gasteiger partial charge in [0.25, 0.3) is 0 Å². The molecule has 3 fully saturated rings. The standard InChI is InChI=1S/C35H43F2NO4/c1-22(2)31-26(9-6-10-28(31)36)27-19-24(33(3,4)32(40)41)13-15-29(27)42-25-14-12-23(18-25)8-5-11-30(39)35(37)20-34(38-21-35)16-7-17-34/h5-6,8-10,13,15,19,22-23,25,38H,7,11-12,14,16-18,20-21H2,1-4H3,(H,40,41)/b8-5+/t23-,25-,35+/m1/s1. The predicted molar refractivity (Wildman–Crippen MR) is 160 cm³/mol. The fraction of sp³-hybridized carbons (Fsp3) is 0.543. The van der Waals surface area contributed by atoms with Crippen LogP contribution < -0.4 is 10.1 Å². The van der Waals surface area contributed by atoms with Crippen LogP contribution in [0.5, 0.6) is 5.75 Å². The van der Waals surface area contributed by atoms with Crippen LogP contribution >= 0.6 is 0 Å². The first-order valence-electron chi connectivity index (χ1n) is 15.3. The van der Waals surface area contributed by atoms with Gasteiger partial charge in [0.05, 0.1) is 11.5 Å². The second kappa shape index (κ2) is 11.6. The van der Waals surface area contributed by atoms with Crippen LogP contribution in [-0.2, 0) is 15.0 Å². The smallest absolute Gasteiger partial charge is 0.313 e. The lowest BCUT2D eigenvalue weighted by molar-refractivity contribution is -0.142. The second-order valence-corrected chi connectivity index (χ2v) is 13.5. The van der Waals surface area contributed by atoms with Crippen molar-refractivity contribution in [2.75, 3.05) is 6.54 Å². The summed E-state index contributed by atoms with van der Waals surface area (Å²) >= 11 is 0. The lowest BCUT2D eigenvalue weighted by Crippen LogP contribution is -2.46. The minimum atomic E-state index is -1.77. The van der Waals surface area contributed by atoms with E-state index < -0.39 is 17.1 Å². The fourth-order valence-corrected chi connectivity index (χ4v) is 6.84. The third-order valence-electron chi connectivity index (χ3n) is 9.76. The van der Waals surface area contributed by atoms with Crippen molar-refractivity contribution in [3.8, 4) is 16.9 Å². The molecule has 3 aliphatic rings. The van der Waals surface area contributed by atoms with E-state index in [4.69, 9.17) is 4.74 Å². The SMILES string of the molecule is CC(C)c1c(F)cccc1-c1cc(C(C)(C)C(=O)O)ccc1O[C@@H]1CC[C@@H](/C=C/CC(=O)[C@@]2(F)CNC3(CCC3)C2)C1. The molecule has 0 aromatic heterocycles. The summed E-state index contributed by atoms with van der Waals surface area (Å²) in [7, 11) is 0. The molecule has 2 aliphatic carbocycles. The Balaban J connectivity index is 1.30. The number of ketones is 1. The van der Waals surface area contributed by atoms with Gasteiger partial charge >= 0.3 is 5.97 Å². The predicted octanol–water partition coefficient (Wildman–Crippen LogP) is 7.67. The van der Waals surface area contributed by atoms with Crippen molar-refractivity contribution >= 4 is 11.8 Å². The summed E-state index contributed by atoms with van der Waals surface area (Å²) in [6, 6.07) is 10.4. The number of alkyl halides is 1. The number of rotatable bonds is 10. The minimum Gasteiger partial charge on any atom is -0.490 e. The van der Waals surface area contributed by atoms with Crippen molar-refractivity contribution in [1.29, 1.82) is 0 Å². The van der Waals surface area contributed by atoms with E-state index in [-0.39, 0.29) is 48.0 Å². The maximum atomic E-state index is 15.3. The van der Waals surface area contributed by atoms with Gasteiger partial charge in [0.2, 0.25) is 0 Å². The van der Waals surface area contributed by atoms with E-state index in [0.29, 0.717) is 34.4 Å². The Kier molecular flexibility index (Phi) is 8.36. The summed E-state index contributed by atoms with van der Waals surface area (Å²) in [6.07, 6.45) is 9.58. The lowest BCUT2D eigenvalue weighted by atomic mass is 9.73. The number of allylic oxidation sites excluding steroid dienone is 2. The molecule has 1 aliphatic heterocycles. The molecular weight excluding hydrogens is 536 g/mol. The van der Waals surface area contributed by atoms with E-state index in [9.17, 15) is 14.7 Å². The summed E-state index contributed by atoms with van der Waals surface area (Å²) in [5, 5.41) is 13.1. The van der Waals surface area contributed by atoms with Gasteiger partial charge in [0.1, 0.15) is 11.6 Å². The van der Waals surface area contributed by atoms with Crippen LogP contribution in [0.3, 0.4) is 0 Å². The summed E-state index contributed by atoms with van der Waals surface area (Å²) in [5.74, 6) is -0.868. The normalized spacial score (nSPS) is 25.3. The molecule has 42 heavy (non-hydrogen) atoms. The van der Waals surface area contributed by atoms with E-state index in [1.165, 1.54) is 6.07 Å². The molecule has 2 aromatic carbocycles. The highest BCUT2D eigenvalue weighted by molar-refractivity contribution is 5.89. The van der Waals surface area contributed by atoms with E-state index in [1.807, 2.05) is 38.1 Å². The van der Waals surface area contributed by atoms with E-state index in [0.717, 1.165) is 38.5 Å². The molecule has 2 saturated carbocycles. The van der Waals surface area contributed by atoms with Gasteiger partial charge in [-0.25, -0.2) is 8.78 Å². The van der Waals surface area contributed by atoms with Crippen molar-refractivity contribution in [2.45, 2.75) is 108 Å². The van der Waals surface area contributed by atoms with Crippen molar-refractivity contribution in [2.24, 2.45) is 5.92 Å². The number of carbonyl (C=O) groups is 2. The molecule has 1 saturated heterocycles. The third-order valence-corrected chi connectivity index (χ3v) is 9.76. The van der Waals surface area contributed by atoms with Gasteiger partial charge < -0.3 is 15.2 Å². The number of nitrogens with one attached hydrogen (secondary N) is 1. The Morgan fingerprint density at radius 2 is 1.93 bits per heavy atom. The average Bonchev–Trinajstić information content (AvgIpc) is 3.53. The van der Waals surface area contributed by atoms with Gasteiger partial charge in [-0.2, -0.15) is 0 Å². The highest BCUT2D eigenvalue weighted by Gasteiger charge is 2.54. The number of aliphatic carboxylic acids is 1. The maximum absolute atomic E-state index is 15.3. The van der Waals surface area contributed by atoms with Crippen LogP contribution in [0.1, 0.15) is 96.1 Å². The summed E-state index contributed by atoms with van der Waals surface area (Å²) in [6.45, 7) is 7.30. The number of hydrogen-bond donors (Lipinski definition) is 2. The monoisotopic (exact) mass is 579 g/mol. The Labute approximate surface area is 247 Å². The van der Waals surface area contributed by atoms with Gasteiger partial charge in [0.15, 0.2) is 11.5 Å². The number of carboxylic acids is 1. The number of halogens is 2. The van der Waals surface area contributed by atoms with E-state index in [2.05, 4.69) is 5.32 Å². The maximum Gasteiger partial charge on any atom is 0.313 e. The Hall–Kier alpha value is -3.06. The van der Waals surface area contributed by atoms with Gasteiger partial charge in [-0.1, -0.05) is 44.2 Å². The minimum absolute atomic E-state index is 0.0865. The molecule has 5 rings (SSSR count). The van der Waals surface area contributed by atoms with Gasteiger partial charge in [-0.3, -0.25) is 9.59 Å². The van der Waals surface area contributed by atoms with Gasteiger partial charge in [0, 0.05) is 30.5 Å². The third kappa shape index (κ3) is 5.90.